The Balaban J connectivity index is 1.96. The Kier molecular flexibility index (Phi) is 4.59. The molecular weight excluding hydrogens is 236 g/mol. The Morgan fingerprint density at radius 3 is 2.58 bits per heavy atom. The first-order valence-corrected chi connectivity index (χ1v) is 7.84. The van der Waals surface area contributed by atoms with Crippen molar-refractivity contribution >= 4 is 0 Å². The third-order valence-corrected chi connectivity index (χ3v) is 4.86. The quantitative estimate of drug-likeness (QED) is 0.800. The van der Waals surface area contributed by atoms with Crippen molar-refractivity contribution < 1.29 is 4.74 Å². The number of ether oxygens (including phenoxy) is 1. The Morgan fingerprint density at radius 2 is 2.00 bits per heavy atom. The van der Waals surface area contributed by atoms with Gasteiger partial charge in [0.1, 0.15) is 0 Å². The highest BCUT2D eigenvalue weighted by Crippen LogP contribution is 2.52. The molecule has 0 spiro atoms. The molecule has 1 saturated heterocycles. The first-order chi connectivity index (χ1) is 8.82. The van der Waals surface area contributed by atoms with Crippen molar-refractivity contribution in [2.24, 2.45) is 17.3 Å². The van der Waals surface area contributed by atoms with Crippen LogP contribution >= 0.6 is 0 Å². The molecule has 3 nitrogen and oxygen atoms in total. The molecule has 0 aromatic heterocycles. The van der Waals surface area contributed by atoms with Gasteiger partial charge in [-0.25, -0.2) is 0 Å². The molecule has 1 aliphatic carbocycles. The molecule has 112 valence electrons. The zero-order valence-corrected chi connectivity index (χ0v) is 13.6. The molecular formula is C16H32N2O. The van der Waals surface area contributed by atoms with Gasteiger partial charge in [0.25, 0.3) is 0 Å². The van der Waals surface area contributed by atoms with Crippen LogP contribution in [0, 0.1) is 17.3 Å². The average molecular weight is 268 g/mol. The van der Waals surface area contributed by atoms with Gasteiger partial charge in [-0.2, -0.15) is 0 Å². The van der Waals surface area contributed by atoms with Crippen LogP contribution in [0.15, 0.2) is 0 Å². The lowest BCUT2D eigenvalue weighted by molar-refractivity contribution is -0.116. The topological polar surface area (TPSA) is 24.5 Å². The molecule has 0 radical (unpaired) electrons. The summed E-state index contributed by atoms with van der Waals surface area (Å²) >= 11 is 0. The number of nitrogens with one attached hydrogen (secondary N) is 1. The van der Waals surface area contributed by atoms with Crippen molar-refractivity contribution in [1.29, 1.82) is 0 Å². The number of fused-ring (bicyclic) bond motifs is 1. The van der Waals surface area contributed by atoms with Crippen LogP contribution < -0.4 is 5.32 Å². The standard InChI is InChI=1S/C16H32N2O/c1-11(2)9-12(10-18(5)6)17-14-13-7-8-19-15(13)16(14,3)4/h11-15,17H,7-10H2,1-6H3. The van der Waals surface area contributed by atoms with Gasteiger partial charge in [0.15, 0.2) is 0 Å². The van der Waals surface area contributed by atoms with Crippen molar-refractivity contribution in [2.75, 3.05) is 27.2 Å². The number of nitrogens with zero attached hydrogens (tertiary/aromatic N) is 1. The van der Waals surface area contributed by atoms with Crippen molar-refractivity contribution in [3.63, 3.8) is 0 Å². The summed E-state index contributed by atoms with van der Waals surface area (Å²) in [5, 5.41) is 3.96. The van der Waals surface area contributed by atoms with Crippen molar-refractivity contribution in [2.45, 2.75) is 58.7 Å². The molecule has 0 bridgehead atoms. The van der Waals surface area contributed by atoms with E-state index in [1.54, 1.807) is 0 Å². The summed E-state index contributed by atoms with van der Waals surface area (Å²) in [5.74, 6) is 1.49. The molecule has 1 aliphatic heterocycles. The lowest BCUT2D eigenvalue weighted by Crippen LogP contribution is -2.68. The predicted molar refractivity (Wildman–Crippen MR) is 80.3 cm³/mol. The third-order valence-electron chi connectivity index (χ3n) is 4.86. The molecule has 2 aliphatic rings. The Labute approximate surface area is 119 Å². The summed E-state index contributed by atoms with van der Waals surface area (Å²) in [7, 11) is 4.34. The summed E-state index contributed by atoms with van der Waals surface area (Å²) < 4.78 is 5.89. The highest BCUT2D eigenvalue weighted by atomic mass is 16.5. The fraction of sp³-hybridized carbons (Fsp3) is 1.00. The number of likely N-dealkylation sites (N-methyl/N-ethyl adjacent to an activating group) is 1. The smallest absolute Gasteiger partial charge is 0.0685 e. The predicted octanol–water partition coefficient (Wildman–Crippen LogP) is 2.37. The molecule has 0 aromatic rings. The number of rotatable bonds is 6. The first-order valence-electron chi connectivity index (χ1n) is 7.84. The summed E-state index contributed by atoms with van der Waals surface area (Å²) in [4.78, 5) is 2.30. The van der Waals surface area contributed by atoms with Gasteiger partial charge in [0.2, 0.25) is 0 Å². The molecule has 1 heterocycles. The number of hydrogen-bond acceptors (Lipinski definition) is 3. The molecule has 1 N–H and O–H groups in total. The zero-order chi connectivity index (χ0) is 14.2. The second kappa shape index (κ2) is 5.71. The van der Waals surface area contributed by atoms with E-state index in [-0.39, 0.29) is 0 Å². The van der Waals surface area contributed by atoms with Gasteiger partial charge in [-0.1, -0.05) is 27.7 Å². The van der Waals surface area contributed by atoms with Crippen LogP contribution in [0.25, 0.3) is 0 Å². The first kappa shape index (κ1) is 15.3. The van der Waals surface area contributed by atoms with E-state index in [1.807, 2.05) is 0 Å². The van der Waals surface area contributed by atoms with Crippen LogP contribution in [0.2, 0.25) is 0 Å². The SMILES string of the molecule is CC(C)CC(CN(C)C)NC1C2CCOC2C1(C)C. The maximum atomic E-state index is 5.89. The maximum Gasteiger partial charge on any atom is 0.0685 e. The molecule has 1 saturated carbocycles. The summed E-state index contributed by atoms with van der Waals surface area (Å²) in [6.45, 7) is 11.4. The zero-order valence-electron chi connectivity index (χ0n) is 13.6. The summed E-state index contributed by atoms with van der Waals surface area (Å²) in [5.41, 5.74) is 0.294. The van der Waals surface area contributed by atoms with Gasteiger partial charge in [0, 0.05) is 36.6 Å². The third kappa shape index (κ3) is 3.14. The Morgan fingerprint density at radius 1 is 1.32 bits per heavy atom. The van der Waals surface area contributed by atoms with Crippen molar-refractivity contribution in [3.05, 3.63) is 0 Å². The van der Waals surface area contributed by atoms with Crippen LogP contribution in [0.1, 0.15) is 40.5 Å². The van der Waals surface area contributed by atoms with E-state index >= 15 is 0 Å². The molecule has 2 fully saturated rings. The van der Waals surface area contributed by atoms with Gasteiger partial charge in [-0.05, 0) is 32.9 Å². The van der Waals surface area contributed by atoms with Gasteiger partial charge in [0.05, 0.1) is 6.10 Å². The Hall–Kier alpha value is -0.120. The van der Waals surface area contributed by atoms with Gasteiger partial charge in [-0.15, -0.1) is 0 Å². The van der Waals surface area contributed by atoms with E-state index in [0.29, 0.717) is 23.6 Å². The van der Waals surface area contributed by atoms with Crippen LogP contribution in [0.4, 0.5) is 0 Å². The lowest BCUT2D eigenvalue weighted by atomic mass is 9.57. The summed E-state index contributed by atoms with van der Waals surface area (Å²) in [6.07, 6.45) is 2.98. The molecule has 19 heavy (non-hydrogen) atoms. The maximum absolute atomic E-state index is 5.89. The van der Waals surface area contributed by atoms with Crippen LogP contribution in [0.3, 0.4) is 0 Å². The second-order valence-corrected chi connectivity index (χ2v) is 7.80. The van der Waals surface area contributed by atoms with Crippen LogP contribution in [-0.4, -0.2) is 50.3 Å². The largest absolute Gasteiger partial charge is 0.377 e. The highest BCUT2D eigenvalue weighted by molar-refractivity contribution is 5.11. The van der Waals surface area contributed by atoms with E-state index < -0.39 is 0 Å². The fourth-order valence-corrected chi connectivity index (χ4v) is 4.12. The van der Waals surface area contributed by atoms with Crippen molar-refractivity contribution in [1.82, 2.24) is 10.2 Å². The second-order valence-electron chi connectivity index (χ2n) is 7.80. The van der Waals surface area contributed by atoms with Gasteiger partial charge in [-0.3, -0.25) is 0 Å². The van der Waals surface area contributed by atoms with Crippen LogP contribution in [-0.2, 0) is 4.74 Å². The number of hydrogen-bond donors (Lipinski definition) is 1. The average Bonchev–Trinajstić information content (AvgIpc) is 2.70. The Bertz CT molecular complexity index is 291. The van der Waals surface area contributed by atoms with E-state index in [0.717, 1.165) is 25.0 Å². The summed E-state index contributed by atoms with van der Waals surface area (Å²) in [6, 6.07) is 1.23. The fourth-order valence-electron chi connectivity index (χ4n) is 4.12. The van der Waals surface area contributed by atoms with Gasteiger partial charge >= 0.3 is 0 Å². The van der Waals surface area contributed by atoms with E-state index in [4.69, 9.17) is 4.74 Å². The van der Waals surface area contributed by atoms with Crippen LogP contribution in [0.5, 0.6) is 0 Å². The molecule has 4 atom stereocenters. The van der Waals surface area contributed by atoms with E-state index in [2.05, 4.69) is 52.0 Å². The normalized spacial score (nSPS) is 34.4. The lowest BCUT2D eigenvalue weighted by Gasteiger charge is -2.56. The van der Waals surface area contributed by atoms with E-state index in [1.165, 1.54) is 12.8 Å². The van der Waals surface area contributed by atoms with E-state index in [9.17, 15) is 0 Å². The minimum atomic E-state index is 0.294. The van der Waals surface area contributed by atoms with Crippen molar-refractivity contribution in [3.8, 4) is 0 Å². The molecule has 0 amide bonds. The highest BCUT2D eigenvalue weighted by Gasteiger charge is 2.59. The molecule has 0 aromatic carbocycles. The minimum Gasteiger partial charge on any atom is -0.377 e. The molecule has 4 unspecified atom stereocenters. The monoisotopic (exact) mass is 268 g/mol. The molecule has 3 heteroatoms. The minimum absolute atomic E-state index is 0.294. The molecule has 2 rings (SSSR count). The van der Waals surface area contributed by atoms with Gasteiger partial charge < -0.3 is 15.0 Å².